The summed E-state index contributed by atoms with van der Waals surface area (Å²) in [5, 5.41) is 15.3. The van der Waals surface area contributed by atoms with E-state index in [2.05, 4.69) is 11.2 Å². The maximum atomic E-state index is 14.2. The van der Waals surface area contributed by atoms with Crippen LogP contribution in [-0.4, -0.2) is 12.1 Å². The summed E-state index contributed by atoms with van der Waals surface area (Å²) in [4.78, 5) is 12.2. The molecule has 30 heavy (non-hydrogen) atoms. The number of amides is 1. The van der Waals surface area contributed by atoms with Gasteiger partial charge in [0.2, 0.25) is 5.91 Å². The average molecular weight is 440 g/mol. The number of benzene rings is 3. The van der Waals surface area contributed by atoms with Gasteiger partial charge in [-0.1, -0.05) is 71.7 Å². The van der Waals surface area contributed by atoms with E-state index in [0.717, 1.165) is 10.6 Å². The van der Waals surface area contributed by atoms with Gasteiger partial charge >= 0.3 is 0 Å². The van der Waals surface area contributed by atoms with Crippen LogP contribution in [0.1, 0.15) is 29.5 Å². The lowest BCUT2D eigenvalue weighted by molar-refractivity contribution is -0.116. The van der Waals surface area contributed by atoms with E-state index in [1.165, 1.54) is 43.5 Å². The van der Waals surface area contributed by atoms with E-state index in [0.29, 0.717) is 5.69 Å². The van der Waals surface area contributed by atoms with Crippen LogP contribution in [0.25, 0.3) is 0 Å². The minimum absolute atomic E-state index is 0.133. The smallest absolute Gasteiger partial charge is 0.244 e. The molecule has 3 aromatic rings. The fraction of sp³-hybridized carbons (Fsp3) is 0.0870. The first-order chi connectivity index (χ1) is 14.4. The number of hydrazone groups is 1. The molecule has 0 saturated carbocycles. The van der Waals surface area contributed by atoms with Gasteiger partial charge in [0.1, 0.15) is 11.7 Å². The minimum atomic E-state index is -1.00. The molecule has 1 unspecified atom stereocenters. The third-order valence-electron chi connectivity index (χ3n) is 4.36. The third kappa shape index (κ3) is 4.68. The molecular weight excluding hydrogens is 424 g/mol. The molecule has 1 amide bonds. The monoisotopic (exact) mass is 439 g/mol. The van der Waals surface area contributed by atoms with E-state index in [1.807, 2.05) is 30.3 Å². The Morgan fingerprint density at radius 1 is 1.10 bits per heavy atom. The molecule has 1 atom stereocenters. The van der Waals surface area contributed by atoms with Gasteiger partial charge in [-0.2, -0.15) is 10.4 Å². The first-order valence-electron chi connectivity index (χ1n) is 8.95. The lowest BCUT2D eigenvalue weighted by Crippen LogP contribution is -2.22. The number of nitriles is 1. The lowest BCUT2D eigenvalue weighted by Gasteiger charge is -2.19. The Morgan fingerprint density at radius 3 is 2.27 bits per heavy atom. The quantitative estimate of drug-likeness (QED) is 0.352. The number of anilines is 1. The summed E-state index contributed by atoms with van der Waals surface area (Å²) in [5.74, 6) is -1.88. The van der Waals surface area contributed by atoms with E-state index < -0.39 is 11.7 Å². The molecule has 0 radical (unpaired) electrons. The van der Waals surface area contributed by atoms with Crippen LogP contribution >= 0.6 is 23.2 Å². The largest absolute Gasteiger partial charge is 0.273 e. The van der Waals surface area contributed by atoms with Gasteiger partial charge in [0.15, 0.2) is 0 Å². The lowest BCUT2D eigenvalue weighted by atomic mass is 9.92. The highest BCUT2D eigenvalue weighted by molar-refractivity contribution is 6.36. The third-order valence-corrected chi connectivity index (χ3v) is 4.99. The Kier molecular flexibility index (Phi) is 6.83. The van der Waals surface area contributed by atoms with E-state index in [9.17, 15) is 14.4 Å². The van der Waals surface area contributed by atoms with Crippen molar-refractivity contribution in [2.75, 3.05) is 5.01 Å². The van der Waals surface area contributed by atoms with E-state index in [-0.39, 0.29) is 27.1 Å². The Bertz CT molecular complexity index is 1120. The second-order valence-electron chi connectivity index (χ2n) is 6.39. The minimum Gasteiger partial charge on any atom is -0.273 e. The maximum absolute atomic E-state index is 14.2. The summed E-state index contributed by atoms with van der Waals surface area (Å²) < 4.78 is 14.2. The average Bonchev–Trinajstić information content (AvgIpc) is 2.72. The van der Waals surface area contributed by atoms with Gasteiger partial charge in [-0.15, -0.1) is 0 Å². The molecule has 150 valence electrons. The Labute approximate surface area is 183 Å². The number of rotatable bonds is 5. The van der Waals surface area contributed by atoms with Crippen molar-refractivity contribution in [2.45, 2.75) is 12.8 Å². The number of carbonyl (C=O) groups excluding carboxylic acids is 1. The van der Waals surface area contributed by atoms with Crippen LogP contribution in [0.2, 0.25) is 10.0 Å². The van der Waals surface area contributed by atoms with Gasteiger partial charge in [0.25, 0.3) is 0 Å². The maximum Gasteiger partial charge on any atom is 0.244 e. The van der Waals surface area contributed by atoms with Crippen LogP contribution in [0.3, 0.4) is 0 Å². The Hall–Kier alpha value is -3.20. The molecule has 0 aliphatic rings. The Morgan fingerprint density at radius 2 is 1.70 bits per heavy atom. The summed E-state index contributed by atoms with van der Waals surface area (Å²) in [5.41, 5.74) is 1.58. The van der Waals surface area contributed by atoms with Gasteiger partial charge in [-0.3, -0.25) is 4.79 Å². The van der Waals surface area contributed by atoms with Gasteiger partial charge in [-0.05, 0) is 23.8 Å². The van der Waals surface area contributed by atoms with Crippen molar-refractivity contribution in [1.82, 2.24) is 0 Å². The SMILES string of the molecule is CC(=O)N(/N=C/c1ccccc1)c1cc(Cl)c(C(C#N)c2ccccc2F)c(Cl)c1. The van der Waals surface area contributed by atoms with Gasteiger partial charge in [-0.25, -0.2) is 9.40 Å². The zero-order valence-corrected chi connectivity index (χ0v) is 17.4. The highest BCUT2D eigenvalue weighted by Gasteiger charge is 2.24. The molecule has 3 aromatic carbocycles. The van der Waals surface area contributed by atoms with Crippen molar-refractivity contribution >= 4 is 41.0 Å². The molecule has 3 rings (SSSR count). The van der Waals surface area contributed by atoms with Gasteiger partial charge in [0, 0.05) is 28.1 Å². The summed E-state index contributed by atoms with van der Waals surface area (Å²) in [6, 6.07) is 20.2. The second kappa shape index (κ2) is 9.53. The van der Waals surface area contributed by atoms with Crippen molar-refractivity contribution in [3.8, 4) is 6.07 Å². The fourth-order valence-corrected chi connectivity index (χ4v) is 3.65. The zero-order valence-electron chi connectivity index (χ0n) is 15.9. The van der Waals surface area contributed by atoms with Crippen LogP contribution in [0.15, 0.2) is 71.8 Å². The van der Waals surface area contributed by atoms with Crippen LogP contribution in [-0.2, 0) is 4.79 Å². The Balaban J connectivity index is 2.02. The second-order valence-corrected chi connectivity index (χ2v) is 7.21. The van der Waals surface area contributed by atoms with Crippen molar-refractivity contribution in [1.29, 1.82) is 5.26 Å². The molecule has 4 nitrogen and oxygen atoms in total. The number of hydrogen-bond acceptors (Lipinski definition) is 3. The van der Waals surface area contributed by atoms with E-state index >= 15 is 0 Å². The normalized spacial score (nSPS) is 11.8. The van der Waals surface area contributed by atoms with Crippen molar-refractivity contribution in [3.05, 3.63) is 99.3 Å². The van der Waals surface area contributed by atoms with Crippen LogP contribution in [0, 0.1) is 17.1 Å². The molecule has 0 aliphatic heterocycles. The molecule has 7 heteroatoms. The van der Waals surface area contributed by atoms with E-state index in [1.54, 1.807) is 6.07 Å². The molecule has 0 spiro atoms. The molecule has 0 aromatic heterocycles. The molecule has 0 saturated heterocycles. The first-order valence-corrected chi connectivity index (χ1v) is 9.70. The number of halogens is 3. The van der Waals surface area contributed by atoms with Gasteiger partial charge in [0.05, 0.1) is 18.0 Å². The first kappa shape index (κ1) is 21.5. The number of carbonyl (C=O) groups is 1. The molecule has 0 N–H and O–H groups in total. The highest BCUT2D eigenvalue weighted by Crippen LogP contribution is 2.39. The summed E-state index contributed by atoms with van der Waals surface area (Å²) in [7, 11) is 0. The van der Waals surface area contributed by atoms with Gasteiger partial charge < -0.3 is 0 Å². The van der Waals surface area contributed by atoms with Crippen LogP contribution in [0.4, 0.5) is 10.1 Å². The topological polar surface area (TPSA) is 56.5 Å². The number of nitrogens with zero attached hydrogens (tertiary/aromatic N) is 3. The molecule has 0 fully saturated rings. The van der Waals surface area contributed by atoms with Crippen LogP contribution in [0.5, 0.6) is 0 Å². The van der Waals surface area contributed by atoms with Crippen LogP contribution < -0.4 is 5.01 Å². The number of hydrogen-bond donors (Lipinski definition) is 0. The molecular formula is C23H16Cl2FN3O. The zero-order chi connectivity index (χ0) is 21.7. The van der Waals surface area contributed by atoms with Crippen molar-refractivity contribution < 1.29 is 9.18 Å². The van der Waals surface area contributed by atoms with E-state index in [4.69, 9.17) is 23.2 Å². The molecule has 0 aliphatic carbocycles. The summed E-state index contributed by atoms with van der Waals surface area (Å²) in [6.45, 7) is 1.36. The summed E-state index contributed by atoms with van der Waals surface area (Å²) >= 11 is 12.9. The standard InChI is InChI=1S/C23H16Cl2FN3O/c1-15(30)29(28-14-16-7-3-2-4-8-16)17-11-20(24)23(21(25)12-17)19(13-27)18-9-5-6-10-22(18)26/h2-12,14,19H,1H3/b28-14+. The highest BCUT2D eigenvalue weighted by atomic mass is 35.5. The molecule has 0 bridgehead atoms. The van der Waals surface area contributed by atoms with Crippen molar-refractivity contribution in [2.24, 2.45) is 5.10 Å². The summed E-state index contributed by atoms with van der Waals surface area (Å²) in [6.07, 6.45) is 1.54. The van der Waals surface area contributed by atoms with Crippen molar-refractivity contribution in [3.63, 3.8) is 0 Å². The predicted molar refractivity (Wildman–Crippen MR) is 118 cm³/mol. The fourth-order valence-electron chi connectivity index (χ4n) is 2.96. The predicted octanol–water partition coefficient (Wildman–Crippen LogP) is 6.17. The molecule has 0 heterocycles.